The summed E-state index contributed by atoms with van der Waals surface area (Å²) < 4.78 is 29.0. The lowest BCUT2D eigenvalue weighted by Crippen LogP contribution is -2.53. The molecule has 7 nitrogen and oxygen atoms in total. The molecule has 0 aliphatic carbocycles. The number of nitrogens with one attached hydrogen (secondary N) is 1. The van der Waals surface area contributed by atoms with Gasteiger partial charge in [0.15, 0.2) is 0 Å². The topological polar surface area (TPSA) is 86.8 Å². The predicted molar refractivity (Wildman–Crippen MR) is 170 cm³/mol. The maximum atomic E-state index is 14.2. The standard InChI is InChI=1S/C32H39Cl2N3O4S/c1-6-23(5)35-32(39)30(7-2)36(20-24-13-18-28(33)29(34)19-24)31(38)21-37(26-16-14-25(15-17-26)22(3)4)42(40,41)27-11-9-8-10-12-27/h8-19,22-23,30H,6-7,20-21H2,1-5H3,(H,35,39)/t23-,30+/m0/s1. The van der Waals surface area contributed by atoms with E-state index in [2.05, 4.69) is 5.32 Å². The average molecular weight is 633 g/mol. The zero-order chi connectivity index (χ0) is 31.0. The van der Waals surface area contributed by atoms with Crippen LogP contribution >= 0.6 is 23.2 Å². The molecule has 0 heterocycles. The molecule has 2 atom stereocenters. The third kappa shape index (κ3) is 8.27. The second kappa shape index (κ2) is 14.9. The van der Waals surface area contributed by atoms with Crippen LogP contribution < -0.4 is 9.62 Å². The van der Waals surface area contributed by atoms with E-state index in [1.165, 1.54) is 17.0 Å². The smallest absolute Gasteiger partial charge is 0.264 e. The van der Waals surface area contributed by atoms with Gasteiger partial charge in [0.2, 0.25) is 11.8 Å². The summed E-state index contributed by atoms with van der Waals surface area (Å²) in [5, 5.41) is 3.65. The lowest BCUT2D eigenvalue weighted by atomic mass is 10.0. The summed E-state index contributed by atoms with van der Waals surface area (Å²) in [6.07, 6.45) is 1.04. The van der Waals surface area contributed by atoms with Crippen molar-refractivity contribution in [1.29, 1.82) is 0 Å². The lowest BCUT2D eigenvalue weighted by Gasteiger charge is -2.34. The zero-order valence-corrected chi connectivity index (χ0v) is 27.0. The van der Waals surface area contributed by atoms with E-state index in [1.54, 1.807) is 48.5 Å². The average Bonchev–Trinajstić information content (AvgIpc) is 2.97. The first-order valence-corrected chi connectivity index (χ1v) is 16.3. The highest BCUT2D eigenvalue weighted by atomic mass is 35.5. The van der Waals surface area contributed by atoms with Crippen molar-refractivity contribution < 1.29 is 18.0 Å². The summed E-state index contributed by atoms with van der Waals surface area (Å²) in [6, 6.07) is 19.2. The van der Waals surface area contributed by atoms with Crippen LogP contribution in [0.2, 0.25) is 10.0 Å². The number of hydrogen-bond donors (Lipinski definition) is 1. The van der Waals surface area contributed by atoms with Crippen LogP contribution in [0.3, 0.4) is 0 Å². The van der Waals surface area contributed by atoms with Crippen molar-refractivity contribution in [2.45, 2.75) is 76.9 Å². The number of sulfonamides is 1. The van der Waals surface area contributed by atoms with Gasteiger partial charge in [0.25, 0.3) is 10.0 Å². The Morgan fingerprint density at radius 1 is 0.857 bits per heavy atom. The second-order valence-corrected chi connectivity index (χ2v) is 13.3. The van der Waals surface area contributed by atoms with Gasteiger partial charge in [-0.1, -0.05) is 87.3 Å². The summed E-state index contributed by atoms with van der Waals surface area (Å²) in [5.41, 5.74) is 2.05. The van der Waals surface area contributed by atoms with Gasteiger partial charge >= 0.3 is 0 Å². The largest absolute Gasteiger partial charge is 0.352 e. The maximum Gasteiger partial charge on any atom is 0.264 e. The van der Waals surface area contributed by atoms with Gasteiger partial charge in [-0.15, -0.1) is 0 Å². The molecule has 10 heteroatoms. The minimum Gasteiger partial charge on any atom is -0.352 e. The van der Waals surface area contributed by atoms with Gasteiger partial charge in [0, 0.05) is 12.6 Å². The van der Waals surface area contributed by atoms with Crippen molar-refractivity contribution in [1.82, 2.24) is 10.2 Å². The number of nitrogens with zero attached hydrogens (tertiary/aromatic N) is 2. The first-order chi connectivity index (χ1) is 19.9. The first kappa shape index (κ1) is 33.4. The van der Waals surface area contributed by atoms with Gasteiger partial charge in [-0.2, -0.15) is 0 Å². The monoisotopic (exact) mass is 631 g/mol. The Labute approximate surface area is 259 Å². The molecule has 0 aromatic heterocycles. The molecule has 0 bridgehead atoms. The van der Waals surface area contributed by atoms with E-state index in [-0.39, 0.29) is 29.3 Å². The molecule has 42 heavy (non-hydrogen) atoms. The Kier molecular flexibility index (Phi) is 11.9. The van der Waals surface area contributed by atoms with Crippen LogP contribution in [0, 0.1) is 0 Å². The highest BCUT2D eigenvalue weighted by Crippen LogP contribution is 2.28. The van der Waals surface area contributed by atoms with E-state index in [0.717, 1.165) is 16.3 Å². The number of amides is 2. The molecule has 0 unspecified atom stereocenters. The van der Waals surface area contributed by atoms with Crippen molar-refractivity contribution in [2.24, 2.45) is 0 Å². The third-order valence-corrected chi connectivity index (χ3v) is 9.71. The molecule has 226 valence electrons. The molecule has 0 aliphatic heterocycles. The van der Waals surface area contributed by atoms with Crippen molar-refractivity contribution in [2.75, 3.05) is 10.8 Å². The molecule has 3 aromatic carbocycles. The van der Waals surface area contributed by atoms with Crippen LogP contribution in [0.15, 0.2) is 77.7 Å². The quantitative estimate of drug-likeness (QED) is 0.219. The van der Waals surface area contributed by atoms with E-state index in [1.807, 2.05) is 46.8 Å². The molecule has 0 fully saturated rings. The molecular formula is C32H39Cl2N3O4S. The second-order valence-electron chi connectivity index (χ2n) is 10.6. The normalized spacial score (nSPS) is 13.0. The Morgan fingerprint density at radius 3 is 2.05 bits per heavy atom. The molecule has 0 saturated carbocycles. The van der Waals surface area contributed by atoms with Crippen LogP contribution in [-0.4, -0.2) is 43.8 Å². The van der Waals surface area contributed by atoms with Crippen LogP contribution in [0.25, 0.3) is 0 Å². The summed E-state index contributed by atoms with van der Waals surface area (Å²) >= 11 is 12.4. The minimum absolute atomic E-state index is 0.0354. The number of anilines is 1. The number of rotatable bonds is 13. The van der Waals surface area contributed by atoms with E-state index >= 15 is 0 Å². The molecule has 0 saturated heterocycles. The Hall–Kier alpha value is -3.07. The van der Waals surface area contributed by atoms with Crippen molar-refractivity contribution in [3.05, 3.63) is 94.0 Å². The molecule has 0 radical (unpaired) electrons. The van der Waals surface area contributed by atoms with Gasteiger partial charge < -0.3 is 10.2 Å². The summed E-state index contributed by atoms with van der Waals surface area (Å²) in [5.74, 6) is -0.588. The molecule has 0 spiro atoms. The fourth-order valence-electron chi connectivity index (χ4n) is 4.47. The molecule has 2 amide bonds. The SMILES string of the molecule is CC[C@H](C(=O)N[C@@H](C)CC)N(Cc1ccc(Cl)c(Cl)c1)C(=O)CN(c1ccc(C(C)C)cc1)S(=O)(=O)c1ccccc1. The highest BCUT2D eigenvalue weighted by molar-refractivity contribution is 7.92. The lowest BCUT2D eigenvalue weighted by molar-refractivity contribution is -0.140. The van der Waals surface area contributed by atoms with Crippen LogP contribution in [0.4, 0.5) is 5.69 Å². The third-order valence-electron chi connectivity index (χ3n) is 7.18. The van der Waals surface area contributed by atoms with E-state index < -0.39 is 28.5 Å². The Balaban J connectivity index is 2.08. The number of hydrogen-bond acceptors (Lipinski definition) is 4. The molecular weight excluding hydrogens is 593 g/mol. The Morgan fingerprint density at radius 2 is 1.50 bits per heavy atom. The number of carbonyl (C=O) groups is 2. The number of carbonyl (C=O) groups excluding carboxylic acids is 2. The van der Waals surface area contributed by atoms with E-state index in [9.17, 15) is 18.0 Å². The van der Waals surface area contributed by atoms with Gasteiger partial charge in [0.05, 0.1) is 20.6 Å². The van der Waals surface area contributed by atoms with E-state index in [4.69, 9.17) is 23.2 Å². The first-order valence-electron chi connectivity index (χ1n) is 14.1. The zero-order valence-electron chi connectivity index (χ0n) is 24.7. The van der Waals surface area contributed by atoms with Gasteiger partial charge in [-0.25, -0.2) is 8.42 Å². The fourth-order valence-corrected chi connectivity index (χ4v) is 6.23. The van der Waals surface area contributed by atoms with Crippen LogP contribution in [0.5, 0.6) is 0 Å². The highest BCUT2D eigenvalue weighted by Gasteiger charge is 2.34. The van der Waals surface area contributed by atoms with Crippen molar-refractivity contribution in [3.63, 3.8) is 0 Å². The fraction of sp³-hybridized carbons (Fsp3) is 0.375. The molecule has 3 aromatic rings. The predicted octanol–water partition coefficient (Wildman–Crippen LogP) is 7.03. The molecule has 1 N–H and O–H groups in total. The minimum atomic E-state index is -4.13. The summed E-state index contributed by atoms with van der Waals surface area (Å²) in [6.45, 7) is 9.30. The van der Waals surface area contributed by atoms with Gasteiger partial charge in [-0.3, -0.25) is 13.9 Å². The van der Waals surface area contributed by atoms with Crippen molar-refractivity contribution in [3.8, 4) is 0 Å². The van der Waals surface area contributed by atoms with E-state index in [0.29, 0.717) is 27.7 Å². The molecule has 0 aliphatic rings. The summed E-state index contributed by atoms with van der Waals surface area (Å²) in [7, 11) is -4.13. The summed E-state index contributed by atoms with van der Waals surface area (Å²) in [4.78, 5) is 29.1. The van der Waals surface area contributed by atoms with Crippen molar-refractivity contribution >= 4 is 50.7 Å². The Bertz CT molecular complexity index is 1460. The van der Waals surface area contributed by atoms with Gasteiger partial charge in [-0.05, 0) is 73.2 Å². The number of benzene rings is 3. The van der Waals surface area contributed by atoms with Crippen LogP contribution in [0.1, 0.15) is 64.5 Å². The van der Waals surface area contributed by atoms with Gasteiger partial charge in [0.1, 0.15) is 12.6 Å². The molecule has 3 rings (SSSR count). The maximum absolute atomic E-state index is 14.2. The van der Waals surface area contributed by atoms with Crippen LogP contribution in [-0.2, 0) is 26.2 Å². The number of halogens is 2.